The van der Waals surface area contributed by atoms with Gasteiger partial charge in [0.2, 0.25) is 0 Å². The predicted molar refractivity (Wildman–Crippen MR) is 48.1 cm³/mol. The second-order valence-corrected chi connectivity index (χ2v) is 3.10. The van der Waals surface area contributed by atoms with E-state index < -0.39 is 17.9 Å². The highest BCUT2D eigenvalue weighted by Gasteiger charge is 2.32. The molecule has 0 fully saturated rings. The van der Waals surface area contributed by atoms with Crippen molar-refractivity contribution in [2.24, 2.45) is 0 Å². The number of halogens is 4. The van der Waals surface area contributed by atoms with E-state index in [0.29, 0.717) is 0 Å². The van der Waals surface area contributed by atoms with E-state index in [9.17, 15) is 18.0 Å². The summed E-state index contributed by atoms with van der Waals surface area (Å²) in [7, 11) is 0. The third-order valence-electron chi connectivity index (χ3n) is 1.57. The zero-order valence-corrected chi connectivity index (χ0v) is 8.32. The Balaban J connectivity index is 3.10. The standard InChI is InChI=1S/C9H6ClF3O2/c1-5(14)6-3-2-4-7(8(6)10)15-9(11,12)13/h2-4H,1H3. The van der Waals surface area contributed by atoms with Crippen molar-refractivity contribution >= 4 is 17.4 Å². The van der Waals surface area contributed by atoms with Crippen LogP contribution in [0.5, 0.6) is 5.75 Å². The maximum Gasteiger partial charge on any atom is 0.573 e. The van der Waals surface area contributed by atoms with Crippen LogP contribution in [0.15, 0.2) is 18.2 Å². The molecule has 0 aliphatic rings. The number of hydrogen-bond acceptors (Lipinski definition) is 2. The van der Waals surface area contributed by atoms with Crippen molar-refractivity contribution in [3.8, 4) is 5.75 Å². The average molecular weight is 239 g/mol. The minimum atomic E-state index is -4.82. The number of benzene rings is 1. The summed E-state index contributed by atoms with van der Waals surface area (Å²) in [6.45, 7) is 1.21. The van der Waals surface area contributed by atoms with Crippen LogP contribution in [0.25, 0.3) is 0 Å². The highest BCUT2D eigenvalue weighted by Crippen LogP contribution is 2.32. The van der Waals surface area contributed by atoms with Gasteiger partial charge in [0, 0.05) is 5.56 Å². The van der Waals surface area contributed by atoms with E-state index in [0.717, 1.165) is 6.07 Å². The molecule has 0 heterocycles. The van der Waals surface area contributed by atoms with E-state index in [2.05, 4.69) is 4.74 Å². The van der Waals surface area contributed by atoms with Gasteiger partial charge in [0.05, 0.1) is 5.02 Å². The summed E-state index contributed by atoms with van der Waals surface area (Å²) in [5.74, 6) is -0.996. The summed E-state index contributed by atoms with van der Waals surface area (Å²) >= 11 is 5.56. The molecular weight excluding hydrogens is 233 g/mol. The Bertz CT molecular complexity index is 387. The van der Waals surface area contributed by atoms with E-state index in [1.54, 1.807) is 0 Å². The fourth-order valence-electron chi connectivity index (χ4n) is 0.986. The molecule has 0 radical (unpaired) electrons. The second-order valence-electron chi connectivity index (χ2n) is 2.72. The number of hydrogen-bond donors (Lipinski definition) is 0. The van der Waals surface area contributed by atoms with Crippen LogP contribution in [0.1, 0.15) is 17.3 Å². The zero-order valence-electron chi connectivity index (χ0n) is 7.56. The molecule has 0 N–H and O–H groups in total. The average Bonchev–Trinajstić information content (AvgIpc) is 2.05. The molecule has 0 unspecified atom stereocenters. The van der Waals surface area contributed by atoms with Crippen molar-refractivity contribution in [1.82, 2.24) is 0 Å². The molecule has 0 spiro atoms. The Hall–Kier alpha value is -1.23. The minimum absolute atomic E-state index is 0.00147. The second kappa shape index (κ2) is 4.10. The van der Waals surface area contributed by atoms with Crippen molar-refractivity contribution in [2.45, 2.75) is 13.3 Å². The number of ketones is 1. The van der Waals surface area contributed by atoms with Gasteiger partial charge < -0.3 is 4.74 Å². The Morgan fingerprint density at radius 1 is 1.40 bits per heavy atom. The number of Topliss-reactive ketones (excluding diaryl/α,β-unsaturated/α-hetero) is 1. The van der Waals surface area contributed by atoms with E-state index in [1.807, 2.05) is 0 Å². The molecule has 0 saturated carbocycles. The number of carbonyl (C=O) groups is 1. The van der Waals surface area contributed by atoms with Gasteiger partial charge in [-0.3, -0.25) is 4.79 Å². The molecule has 0 aliphatic heterocycles. The predicted octanol–water partition coefficient (Wildman–Crippen LogP) is 3.44. The molecule has 1 rings (SSSR count). The Kier molecular flexibility index (Phi) is 3.24. The van der Waals surface area contributed by atoms with Crippen LogP contribution in [0.2, 0.25) is 5.02 Å². The largest absolute Gasteiger partial charge is 0.573 e. The van der Waals surface area contributed by atoms with Crippen molar-refractivity contribution in [1.29, 1.82) is 0 Å². The van der Waals surface area contributed by atoms with Gasteiger partial charge in [-0.1, -0.05) is 17.7 Å². The first-order valence-electron chi connectivity index (χ1n) is 3.86. The van der Waals surface area contributed by atoms with E-state index in [-0.39, 0.29) is 10.6 Å². The smallest absolute Gasteiger partial charge is 0.404 e. The molecule has 0 amide bonds. The van der Waals surface area contributed by atoms with Crippen LogP contribution >= 0.6 is 11.6 Å². The Labute approximate surface area is 88.6 Å². The lowest BCUT2D eigenvalue weighted by molar-refractivity contribution is -0.274. The van der Waals surface area contributed by atoms with Crippen molar-refractivity contribution in [2.75, 3.05) is 0 Å². The monoisotopic (exact) mass is 238 g/mol. The summed E-state index contributed by atoms with van der Waals surface area (Å²) in [4.78, 5) is 11.0. The third kappa shape index (κ3) is 3.13. The molecule has 0 atom stereocenters. The van der Waals surface area contributed by atoms with Crippen LogP contribution in [0, 0.1) is 0 Å². The van der Waals surface area contributed by atoms with Crippen molar-refractivity contribution in [3.63, 3.8) is 0 Å². The maximum atomic E-state index is 11.9. The van der Waals surface area contributed by atoms with Crippen LogP contribution < -0.4 is 4.74 Å². The summed E-state index contributed by atoms with van der Waals surface area (Å²) in [5.41, 5.74) is -0.00147. The fraction of sp³-hybridized carbons (Fsp3) is 0.222. The topological polar surface area (TPSA) is 26.3 Å². The highest BCUT2D eigenvalue weighted by atomic mass is 35.5. The first kappa shape index (κ1) is 11.8. The number of rotatable bonds is 2. The zero-order chi connectivity index (χ0) is 11.6. The van der Waals surface area contributed by atoms with Gasteiger partial charge in [0.25, 0.3) is 0 Å². The van der Waals surface area contributed by atoms with Crippen LogP contribution in [0.3, 0.4) is 0 Å². The number of alkyl halides is 3. The van der Waals surface area contributed by atoms with E-state index >= 15 is 0 Å². The molecule has 0 aromatic heterocycles. The molecule has 82 valence electrons. The molecule has 6 heteroatoms. The quantitative estimate of drug-likeness (QED) is 0.738. The normalized spacial score (nSPS) is 11.3. The number of ether oxygens (including phenoxy) is 1. The molecule has 1 aromatic rings. The summed E-state index contributed by atoms with van der Waals surface area (Å²) < 4.78 is 39.3. The summed E-state index contributed by atoms with van der Waals surface area (Å²) in [6.07, 6.45) is -4.82. The van der Waals surface area contributed by atoms with Gasteiger partial charge >= 0.3 is 6.36 Å². The summed E-state index contributed by atoms with van der Waals surface area (Å²) in [5, 5.41) is -0.331. The Morgan fingerprint density at radius 3 is 2.47 bits per heavy atom. The van der Waals surface area contributed by atoms with Crippen LogP contribution in [-0.2, 0) is 0 Å². The first-order valence-corrected chi connectivity index (χ1v) is 4.24. The minimum Gasteiger partial charge on any atom is -0.404 e. The fourth-order valence-corrected chi connectivity index (χ4v) is 1.28. The van der Waals surface area contributed by atoms with Gasteiger partial charge in [-0.05, 0) is 19.1 Å². The maximum absolute atomic E-state index is 11.9. The molecule has 1 aromatic carbocycles. The van der Waals surface area contributed by atoms with E-state index in [4.69, 9.17) is 11.6 Å². The first-order chi connectivity index (χ1) is 6.81. The Morgan fingerprint density at radius 2 is 2.00 bits per heavy atom. The number of carbonyl (C=O) groups excluding carboxylic acids is 1. The van der Waals surface area contributed by atoms with Crippen LogP contribution in [-0.4, -0.2) is 12.1 Å². The molecule has 0 bridgehead atoms. The summed E-state index contributed by atoms with van der Waals surface area (Å²) in [6, 6.07) is 3.64. The van der Waals surface area contributed by atoms with Gasteiger partial charge in [0.15, 0.2) is 5.78 Å². The lowest BCUT2D eigenvalue weighted by Crippen LogP contribution is -2.17. The molecule has 0 aliphatic carbocycles. The molecule has 15 heavy (non-hydrogen) atoms. The van der Waals surface area contributed by atoms with Crippen LogP contribution in [0.4, 0.5) is 13.2 Å². The highest BCUT2D eigenvalue weighted by molar-refractivity contribution is 6.35. The van der Waals surface area contributed by atoms with Gasteiger partial charge in [0.1, 0.15) is 5.75 Å². The van der Waals surface area contributed by atoms with Gasteiger partial charge in [-0.25, -0.2) is 0 Å². The SMILES string of the molecule is CC(=O)c1cccc(OC(F)(F)F)c1Cl. The lowest BCUT2D eigenvalue weighted by Gasteiger charge is -2.11. The van der Waals surface area contributed by atoms with Crippen molar-refractivity contribution < 1.29 is 22.7 Å². The molecule has 0 saturated heterocycles. The van der Waals surface area contributed by atoms with Gasteiger partial charge in [-0.2, -0.15) is 0 Å². The third-order valence-corrected chi connectivity index (χ3v) is 1.96. The molecular formula is C9H6ClF3O2. The molecule has 2 nitrogen and oxygen atoms in total. The lowest BCUT2D eigenvalue weighted by atomic mass is 10.1. The van der Waals surface area contributed by atoms with Gasteiger partial charge in [-0.15, -0.1) is 13.2 Å². The van der Waals surface area contributed by atoms with Crippen molar-refractivity contribution in [3.05, 3.63) is 28.8 Å². The van der Waals surface area contributed by atoms with E-state index in [1.165, 1.54) is 19.1 Å².